The molecule has 0 aromatic carbocycles. The summed E-state index contributed by atoms with van der Waals surface area (Å²) in [4.78, 5) is 42.5. The van der Waals surface area contributed by atoms with E-state index < -0.39 is 17.5 Å². The first-order valence-corrected chi connectivity index (χ1v) is 12.3. The van der Waals surface area contributed by atoms with Gasteiger partial charge in [0.1, 0.15) is 23.8 Å². The van der Waals surface area contributed by atoms with Gasteiger partial charge >= 0.3 is 0 Å². The monoisotopic (exact) mass is 552 g/mol. The maximum atomic E-state index is 13.4. The Hall–Kier alpha value is -4.58. The van der Waals surface area contributed by atoms with E-state index in [0.717, 1.165) is 0 Å². The van der Waals surface area contributed by atoms with Crippen molar-refractivity contribution in [1.82, 2.24) is 35.1 Å². The van der Waals surface area contributed by atoms with Crippen molar-refractivity contribution in [3.8, 4) is 5.75 Å². The number of halogens is 1. The summed E-state index contributed by atoms with van der Waals surface area (Å²) < 4.78 is 8.41. The van der Waals surface area contributed by atoms with Crippen LogP contribution in [0, 0.1) is 0 Å². The molecule has 204 valence electrons. The first-order valence-electron chi connectivity index (χ1n) is 12.0. The maximum absolute atomic E-state index is 13.4. The van der Waals surface area contributed by atoms with Gasteiger partial charge in [0.05, 0.1) is 30.9 Å². The van der Waals surface area contributed by atoms with E-state index in [4.69, 9.17) is 16.3 Å². The fraction of sp³-hybridized carbons (Fsp3) is 0.269. The molecular weight excluding hydrogens is 524 g/mol. The standard InChI is InChI=1S/C26H29ClN8O4/c1-6-8-22(26(38)31-18-9-10-21(29-13-18)25(37)28-4)34-14-23(39-5)20(12-24(34)36)19(11-17(27)7-2)16(3)35-15-30-32-33-35/h7,9-15,22H,2,6,8H2,1,3-5H3,(H,28,37)(H,31,38)/b17-11+,19-16-. The molecule has 0 aliphatic carbocycles. The van der Waals surface area contributed by atoms with Crippen LogP contribution in [0.5, 0.6) is 5.75 Å². The highest BCUT2D eigenvalue weighted by Crippen LogP contribution is 2.32. The van der Waals surface area contributed by atoms with E-state index in [1.165, 1.54) is 60.3 Å². The summed E-state index contributed by atoms with van der Waals surface area (Å²) in [5.74, 6) is -0.436. The Morgan fingerprint density at radius 2 is 2.08 bits per heavy atom. The van der Waals surface area contributed by atoms with Gasteiger partial charge in [0, 0.05) is 29.3 Å². The summed E-state index contributed by atoms with van der Waals surface area (Å²) in [7, 11) is 2.97. The SMILES string of the molecule is C=C/C(Cl)=C\C(=C(/C)n1cnnn1)c1cc(=O)n(C(CCC)C(=O)Nc2ccc(C(=O)NC)nc2)cc1OC. The predicted octanol–water partition coefficient (Wildman–Crippen LogP) is 3.27. The highest BCUT2D eigenvalue weighted by Gasteiger charge is 2.24. The van der Waals surface area contributed by atoms with Crippen molar-refractivity contribution < 1.29 is 14.3 Å². The van der Waals surface area contributed by atoms with Crippen LogP contribution in [0.3, 0.4) is 0 Å². The Morgan fingerprint density at radius 1 is 1.31 bits per heavy atom. The number of aromatic nitrogens is 6. The minimum atomic E-state index is -0.843. The average Bonchev–Trinajstić information content (AvgIpc) is 3.49. The zero-order valence-electron chi connectivity index (χ0n) is 22.0. The molecule has 39 heavy (non-hydrogen) atoms. The molecule has 0 aliphatic heterocycles. The number of hydrogen-bond donors (Lipinski definition) is 2. The predicted molar refractivity (Wildman–Crippen MR) is 148 cm³/mol. The normalized spacial score (nSPS) is 12.8. The van der Waals surface area contributed by atoms with Crippen LogP contribution >= 0.6 is 11.6 Å². The fourth-order valence-corrected chi connectivity index (χ4v) is 3.89. The number of hydrogen-bond acceptors (Lipinski definition) is 8. The summed E-state index contributed by atoms with van der Waals surface area (Å²) in [5.41, 5.74) is 1.69. The van der Waals surface area contributed by atoms with Crippen molar-refractivity contribution in [2.45, 2.75) is 32.7 Å². The molecule has 0 bridgehead atoms. The third-order valence-electron chi connectivity index (χ3n) is 5.81. The molecule has 1 unspecified atom stereocenters. The second-order valence-electron chi connectivity index (χ2n) is 8.29. The van der Waals surface area contributed by atoms with Crippen molar-refractivity contribution in [1.29, 1.82) is 0 Å². The Labute approximate surface area is 230 Å². The second kappa shape index (κ2) is 13.3. The quantitative estimate of drug-likeness (QED) is 0.345. The Bertz CT molecular complexity index is 1460. The molecule has 0 saturated heterocycles. The summed E-state index contributed by atoms with van der Waals surface area (Å²) in [6, 6.07) is 3.60. The van der Waals surface area contributed by atoms with Gasteiger partial charge in [0.2, 0.25) is 5.91 Å². The smallest absolute Gasteiger partial charge is 0.269 e. The number of pyridine rings is 2. The van der Waals surface area contributed by atoms with E-state index in [-0.39, 0.29) is 11.6 Å². The Balaban J connectivity index is 2.05. The molecule has 3 aromatic heterocycles. The van der Waals surface area contributed by atoms with Crippen molar-refractivity contribution in [3.05, 3.63) is 82.3 Å². The number of tetrazole rings is 1. The largest absolute Gasteiger partial charge is 0.495 e. The molecule has 12 nitrogen and oxygen atoms in total. The number of rotatable bonds is 11. The van der Waals surface area contributed by atoms with Crippen LogP contribution in [0.2, 0.25) is 0 Å². The molecule has 3 heterocycles. The maximum Gasteiger partial charge on any atom is 0.269 e. The van der Waals surface area contributed by atoms with Gasteiger partial charge in [-0.2, -0.15) is 0 Å². The fourth-order valence-electron chi connectivity index (χ4n) is 3.78. The number of methoxy groups -OCH3 is 1. The van der Waals surface area contributed by atoms with E-state index >= 15 is 0 Å². The van der Waals surface area contributed by atoms with Gasteiger partial charge in [-0.15, -0.1) is 5.10 Å². The molecule has 3 rings (SSSR count). The topological polar surface area (TPSA) is 146 Å². The molecule has 0 aliphatic rings. The van der Waals surface area contributed by atoms with Crippen LogP contribution in [-0.4, -0.2) is 55.7 Å². The minimum Gasteiger partial charge on any atom is -0.495 e. The molecule has 0 spiro atoms. The molecule has 0 saturated carbocycles. The minimum absolute atomic E-state index is 0.212. The van der Waals surface area contributed by atoms with Gasteiger partial charge in [0.25, 0.3) is 11.5 Å². The highest BCUT2D eigenvalue weighted by atomic mass is 35.5. The molecule has 0 fully saturated rings. The molecule has 0 radical (unpaired) electrons. The number of anilines is 1. The van der Waals surface area contributed by atoms with E-state index in [2.05, 4.69) is 37.7 Å². The molecule has 2 amide bonds. The van der Waals surface area contributed by atoms with Crippen molar-refractivity contribution in [2.24, 2.45) is 0 Å². The first-order chi connectivity index (χ1) is 18.7. The van der Waals surface area contributed by atoms with E-state index in [0.29, 0.717) is 46.1 Å². The lowest BCUT2D eigenvalue weighted by Crippen LogP contribution is -2.33. The van der Waals surface area contributed by atoms with Crippen LogP contribution in [0.4, 0.5) is 5.69 Å². The summed E-state index contributed by atoms with van der Waals surface area (Å²) in [5, 5.41) is 16.8. The third-order valence-corrected chi connectivity index (χ3v) is 6.07. The lowest BCUT2D eigenvalue weighted by atomic mass is 10.0. The lowest BCUT2D eigenvalue weighted by Gasteiger charge is -2.21. The number of amides is 2. The van der Waals surface area contributed by atoms with Crippen molar-refractivity contribution in [3.63, 3.8) is 0 Å². The van der Waals surface area contributed by atoms with Crippen LogP contribution in [0.15, 0.2) is 65.5 Å². The van der Waals surface area contributed by atoms with Gasteiger partial charge in [0.15, 0.2) is 0 Å². The number of ether oxygens (including phenoxy) is 1. The van der Waals surface area contributed by atoms with Crippen LogP contribution in [0.25, 0.3) is 11.3 Å². The van der Waals surface area contributed by atoms with E-state index in [9.17, 15) is 14.4 Å². The molecule has 3 aromatic rings. The van der Waals surface area contributed by atoms with Crippen LogP contribution < -0.4 is 20.9 Å². The van der Waals surface area contributed by atoms with Crippen molar-refractivity contribution >= 4 is 40.4 Å². The molecule has 1 atom stereocenters. The zero-order valence-corrected chi connectivity index (χ0v) is 22.8. The van der Waals surface area contributed by atoms with Gasteiger partial charge < -0.3 is 15.4 Å². The van der Waals surface area contributed by atoms with Gasteiger partial charge in [-0.3, -0.25) is 19.0 Å². The van der Waals surface area contributed by atoms with Gasteiger partial charge in [-0.25, -0.2) is 9.67 Å². The first kappa shape index (κ1) is 29.0. The molecular formula is C26H29ClN8O4. The van der Waals surface area contributed by atoms with Crippen molar-refractivity contribution in [2.75, 3.05) is 19.5 Å². The number of nitrogens with one attached hydrogen (secondary N) is 2. The number of carbonyl (C=O) groups is 2. The Morgan fingerprint density at radius 3 is 2.64 bits per heavy atom. The number of nitrogens with zero attached hydrogens (tertiary/aromatic N) is 6. The third kappa shape index (κ3) is 6.85. The van der Waals surface area contributed by atoms with E-state index in [1.807, 2.05) is 6.92 Å². The summed E-state index contributed by atoms with van der Waals surface area (Å²) >= 11 is 6.27. The lowest BCUT2D eigenvalue weighted by molar-refractivity contribution is -0.119. The molecule has 13 heteroatoms. The highest BCUT2D eigenvalue weighted by molar-refractivity contribution is 6.32. The number of carbonyl (C=O) groups excluding carboxylic acids is 2. The van der Waals surface area contributed by atoms with E-state index in [1.54, 1.807) is 19.1 Å². The average molecular weight is 553 g/mol. The zero-order chi connectivity index (χ0) is 28.5. The molecule has 2 N–H and O–H groups in total. The summed E-state index contributed by atoms with van der Waals surface area (Å²) in [6.45, 7) is 7.36. The van der Waals surface area contributed by atoms with Gasteiger partial charge in [-0.1, -0.05) is 37.6 Å². The Kier molecular flexibility index (Phi) is 9.87. The van der Waals surface area contributed by atoms with Crippen LogP contribution in [0.1, 0.15) is 48.8 Å². The van der Waals surface area contributed by atoms with Crippen LogP contribution in [-0.2, 0) is 4.79 Å². The second-order valence-corrected chi connectivity index (χ2v) is 8.73. The number of allylic oxidation sites excluding steroid dienone is 5. The summed E-state index contributed by atoms with van der Waals surface area (Å²) in [6.07, 6.45) is 8.38. The van der Waals surface area contributed by atoms with Gasteiger partial charge in [-0.05, 0) is 42.0 Å².